The summed E-state index contributed by atoms with van der Waals surface area (Å²) in [5.74, 6) is 0.278. The van der Waals surface area contributed by atoms with E-state index in [2.05, 4.69) is 36.9 Å². The second-order valence-electron chi connectivity index (χ2n) is 7.40. The Balaban J connectivity index is 1.56. The van der Waals surface area contributed by atoms with Crippen LogP contribution in [0, 0.1) is 6.92 Å². The van der Waals surface area contributed by atoms with Gasteiger partial charge in [0.2, 0.25) is 0 Å². The first-order valence-electron chi connectivity index (χ1n) is 10.4. The molecule has 1 aromatic carbocycles. The minimum absolute atomic E-state index is 0.169. The summed E-state index contributed by atoms with van der Waals surface area (Å²) in [5, 5.41) is 2.85. The fraction of sp³-hybridized carbons (Fsp3) is 0.348. The fourth-order valence-corrected chi connectivity index (χ4v) is 3.84. The zero-order valence-electron chi connectivity index (χ0n) is 17.3. The Morgan fingerprint density at radius 3 is 2.67 bits per heavy atom. The number of benzene rings is 1. The molecular formula is C23H27N5O2. The van der Waals surface area contributed by atoms with Crippen molar-refractivity contribution in [1.82, 2.24) is 19.4 Å². The molecule has 0 aliphatic carbocycles. The average molecular weight is 406 g/mol. The number of nitrogens with zero attached hydrogens (tertiary/aromatic N) is 4. The molecule has 7 heteroatoms. The normalized spacial score (nSPS) is 14.6. The lowest BCUT2D eigenvalue weighted by molar-refractivity contribution is 0.0369. The van der Waals surface area contributed by atoms with E-state index < -0.39 is 0 Å². The number of anilines is 1. The number of rotatable bonds is 7. The first-order valence-corrected chi connectivity index (χ1v) is 10.4. The summed E-state index contributed by atoms with van der Waals surface area (Å²) in [6.45, 7) is 7.48. The molecule has 2 aromatic heterocycles. The van der Waals surface area contributed by atoms with Crippen molar-refractivity contribution < 1.29 is 9.53 Å². The molecule has 1 aliphatic heterocycles. The molecule has 1 amide bonds. The van der Waals surface area contributed by atoms with Crippen molar-refractivity contribution in [3.63, 3.8) is 0 Å². The van der Waals surface area contributed by atoms with Crippen LogP contribution in [0.25, 0.3) is 11.3 Å². The van der Waals surface area contributed by atoms with Crippen LogP contribution < -0.4 is 5.32 Å². The molecule has 156 valence electrons. The minimum Gasteiger partial charge on any atom is -0.379 e. The second-order valence-corrected chi connectivity index (χ2v) is 7.40. The summed E-state index contributed by atoms with van der Waals surface area (Å²) < 4.78 is 7.69. The Kier molecular flexibility index (Phi) is 6.51. The average Bonchev–Trinajstić information content (AvgIpc) is 3.12. The monoisotopic (exact) mass is 405 g/mol. The van der Waals surface area contributed by atoms with Crippen LogP contribution in [-0.2, 0) is 11.3 Å². The maximum Gasteiger partial charge on any atom is 0.258 e. The molecule has 7 nitrogen and oxygen atoms in total. The molecule has 1 saturated heterocycles. The highest BCUT2D eigenvalue weighted by atomic mass is 16.5. The van der Waals surface area contributed by atoms with Gasteiger partial charge in [-0.25, -0.2) is 4.98 Å². The van der Waals surface area contributed by atoms with Gasteiger partial charge < -0.3 is 14.6 Å². The van der Waals surface area contributed by atoms with Crippen molar-refractivity contribution in [3.8, 4) is 11.3 Å². The lowest BCUT2D eigenvalue weighted by Crippen LogP contribution is -2.37. The van der Waals surface area contributed by atoms with Crippen molar-refractivity contribution in [2.24, 2.45) is 0 Å². The molecule has 0 spiro atoms. The number of carbonyl (C=O) groups is 1. The Hall–Kier alpha value is -3.03. The first kappa shape index (κ1) is 20.3. The summed E-state index contributed by atoms with van der Waals surface area (Å²) in [7, 11) is 0. The van der Waals surface area contributed by atoms with Crippen LogP contribution in [0.5, 0.6) is 0 Å². The Morgan fingerprint density at radius 2 is 1.93 bits per heavy atom. The van der Waals surface area contributed by atoms with Crippen LogP contribution in [-0.4, -0.2) is 58.2 Å². The van der Waals surface area contributed by atoms with Crippen molar-refractivity contribution in [1.29, 1.82) is 0 Å². The zero-order chi connectivity index (χ0) is 20.8. The van der Waals surface area contributed by atoms with Gasteiger partial charge in [0.15, 0.2) is 5.82 Å². The third-order valence-corrected chi connectivity index (χ3v) is 5.45. The van der Waals surface area contributed by atoms with Gasteiger partial charge in [0, 0.05) is 50.0 Å². The predicted molar refractivity (Wildman–Crippen MR) is 116 cm³/mol. The van der Waals surface area contributed by atoms with E-state index in [4.69, 9.17) is 4.74 Å². The van der Waals surface area contributed by atoms with E-state index in [1.807, 2.05) is 31.2 Å². The van der Waals surface area contributed by atoms with Gasteiger partial charge in [0.1, 0.15) is 0 Å². The number of ether oxygens (including phenoxy) is 1. The molecule has 1 N–H and O–H groups in total. The van der Waals surface area contributed by atoms with Crippen molar-refractivity contribution in [2.45, 2.75) is 19.9 Å². The number of morpholine rings is 1. The predicted octanol–water partition coefficient (Wildman–Crippen LogP) is 3.23. The molecule has 0 bridgehead atoms. The van der Waals surface area contributed by atoms with Crippen LogP contribution >= 0.6 is 0 Å². The molecule has 0 saturated carbocycles. The van der Waals surface area contributed by atoms with Crippen molar-refractivity contribution >= 4 is 11.7 Å². The number of aromatic nitrogens is 3. The maximum absolute atomic E-state index is 12.9. The molecule has 0 unspecified atom stereocenters. The fourth-order valence-electron chi connectivity index (χ4n) is 3.84. The highest BCUT2D eigenvalue weighted by molar-refractivity contribution is 6.05. The topological polar surface area (TPSA) is 72.3 Å². The lowest BCUT2D eigenvalue weighted by Gasteiger charge is -2.26. The summed E-state index contributed by atoms with van der Waals surface area (Å²) in [6.07, 6.45) is 5.71. The van der Waals surface area contributed by atoms with E-state index in [0.717, 1.165) is 62.8 Å². The number of hydrogen-bond acceptors (Lipinski definition) is 5. The molecule has 30 heavy (non-hydrogen) atoms. The SMILES string of the molecule is Cc1c(C(=O)Nc2cnccn2)cc(-c2ccccc2)n1CCCN1CCOCC1. The Labute approximate surface area is 176 Å². The third kappa shape index (κ3) is 4.75. The van der Waals surface area contributed by atoms with E-state index >= 15 is 0 Å². The van der Waals surface area contributed by atoms with E-state index in [1.54, 1.807) is 18.6 Å². The van der Waals surface area contributed by atoms with Gasteiger partial charge in [0.25, 0.3) is 5.91 Å². The van der Waals surface area contributed by atoms with E-state index in [0.29, 0.717) is 11.4 Å². The number of amides is 1. The third-order valence-electron chi connectivity index (χ3n) is 5.45. The summed E-state index contributed by atoms with van der Waals surface area (Å²) >= 11 is 0. The van der Waals surface area contributed by atoms with E-state index in [9.17, 15) is 4.79 Å². The van der Waals surface area contributed by atoms with Crippen LogP contribution in [0.15, 0.2) is 55.0 Å². The number of carbonyl (C=O) groups excluding carboxylic acids is 1. The van der Waals surface area contributed by atoms with Gasteiger partial charge in [-0.15, -0.1) is 0 Å². The van der Waals surface area contributed by atoms with Crippen molar-refractivity contribution in [3.05, 3.63) is 66.2 Å². The summed E-state index contributed by atoms with van der Waals surface area (Å²) in [4.78, 5) is 23.5. The highest BCUT2D eigenvalue weighted by Gasteiger charge is 2.19. The lowest BCUT2D eigenvalue weighted by atomic mass is 10.1. The van der Waals surface area contributed by atoms with Crippen LogP contribution in [0.3, 0.4) is 0 Å². The van der Waals surface area contributed by atoms with Gasteiger partial charge in [-0.3, -0.25) is 14.7 Å². The zero-order valence-corrected chi connectivity index (χ0v) is 17.3. The van der Waals surface area contributed by atoms with Crippen LogP contribution in [0.2, 0.25) is 0 Å². The highest BCUT2D eigenvalue weighted by Crippen LogP contribution is 2.27. The summed E-state index contributed by atoms with van der Waals surface area (Å²) in [5.41, 5.74) is 3.77. The standard InChI is InChI=1S/C23H27N5O2/c1-18-20(23(29)26-22-17-24-8-9-25-22)16-21(19-6-3-2-4-7-19)28(18)11-5-10-27-12-14-30-15-13-27/h2-4,6-9,16-17H,5,10-15H2,1H3,(H,25,26,29). The number of hydrogen-bond donors (Lipinski definition) is 1. The quantitative estimate of drug-likeness (QED) is 0.653. The minimum atomic E-state index is -0.169. The van der Waals surface area contributed by atoms with Crippen molar-refractivity contribution in [2.75, 3.05) is 38.2 Å². The maximum atomic E-state index is 12.9. The van der Waals surface area contributed by atoms with Gasteiger partial charge in [0.05, 0.1) is 25.0 Å². The smallest absolute Gasteiger partial charge is 0.258 e. The van der Waals surface area contributed by atoms with E-state index in [1.165, 1.54) is 0 Å². The molecule has 1 aliphatic rings. The molecular weight excluding hydrogens is 378 g/mol. The molecule has 3 aromatic rings. The van der Waals surface area contributed by atoms with E-state index in [-0.39, 0.29) is 5.91 Å². The molecule has 1 fully saturated rings. The largest absolute Gasteiger partial charge is 0.379 e. The van der Waals surface area contributed by atoms with Gasteiger partial charge in [-0.1, -0.05) is 30.3 Å². The number of nitrogens with one attached hydrogen (secondary N) is 1. The van der Waals surface area contributed by atoms with Gasteiger partial charge in [-0.2, -0.15) is 0 Å². The molecule has 3 heterocycles. The van der Waals surface area contributed by atoms with Crippen LogP contribution in [0.4, 0.5) is 5.82 Å². The first-order chi connectivity index (χ1) is 14.7. The molecule has 0 radical (unpaired) electrons. The van der Waals surface area contributed by atoms with Crippen LogP contribution in [0.1, 0.15) is 22.5 Å². The van der Waals surface area contributed by atoms with Gasteiger partial charge >= 0.3 is 0 Å². The second kappa shape index (κ2) is 9.65. The molecule has 4 rings (SSSR count). The molecule has 0 atom stereocenters. The Bertz CT molecular complexity index is 966. The van der Waals surface area contributed by atoms with Gasteiger partial charge in [-0.05, 0) is 25.0 Å². The Morgan fingerprint density at radius 1 is 1.13 bits per heavy atom. The summed E-state index contributed by atoms with van der Waals surface area (Å²) in [6, 6.07) is 12.2.